The number of hydrogen-bond donors (Lipinski definition) is 2. The van der Waals surface area contributed by atoms with Crippen LogP contribution in [0.4, 0.5) is 0 Å². The SMILES string of the molecule is NCC(C(=O)O)c1cccc2cnccc12. The van der Waals surface area contributed by atoms with Gasteiger partial charge in [-0.05, 0) is 17.0 Å². The number of aliphatic carboxylic acids is 1. The van der Waals surface area contributed by atoms with Gasteiger partial charge in [-0.25, -0.2) is 0 Å². The molecule has 1 aromatic carbocycles. The standard InChI is InChI=1S/C12H12N2O2/c13-6-11(12(15)16)10-3-1-2-8-7-14-5-4-9(8)10/h1-5,7,11H,6,13H2,(H,15,16). The number of nitrogens with zero attached hydrogens (tertiary/aromatic N) is 1. The maximum Gasteiger partial charge on any atom is 0.312 e. The van der Waals surface area contributed by atoms with Crippen molar-refractivity contribution in [3.63, 3.8) is 0 Å². The Hall–Kier alpha value is -1.94. The average molecular weight is 216 g/mol. The smallest absolute Gasteiger partial charge is 0.312 e. The van der Waals surface area contributed by atoms with E-state index < -0.39 is 11.9 Å². The topological polar surface area (TPSA) is 76.2 Å². The predicted molar refractivity (Wildman–Crippen MR) is 61.2 cm³/mol. The normalized spacial score (nSPS) is 12.6. The third-order valence-corrected chi connectivity index (χ3v) is 2.62. The van der Waals surface area contributed by atoms with Crippen molar-refractivity contribution >= 4 is 16.7 Å². The Morgan fingerprint density at radius 2 is 2.25 bits per heavy atom. The van der Waals surface area contributed by atoms with Crippen LogP contribution in [0.2, 0.25) is 0 Å². The molecule has 0 saturated heterocycles. The summed E-state index contributed by atoms with van der Waals surface area (Å²) in [6.45, 7) is 0.0940. The van der Waals surface area contributed by atoms with Gasteiger partial charge in [-0.1, -0.05) is 18.2 Å². The largest absolute Gasteiger partial charge is 0.481 e. The quantitative estimate of drug-likeness (QED) is 0.812. The highest BCUT2D eigenvalue weighted by molar-refractivity contribution is 5.90. The zero-order valence-electron chi connectivity index (χ0n) is 8.63. The number of pyridine rings is 1. The molecule has 1 heterocycles. The lowest BCUT2D eigenvalue weighted by Gasteiger charge is -2.12. The van der Waals surface area contributed by atoms with E-state index in [1.54, 1.807) is 18.5 Å². The van der Waals surface area contributed by atoms with Crippen molar-refractivity contribution in [2.75, 3.05) is 6.54 Å². The van der Waals surface area contributed by atoms with E-state index in [4.69, 9.17) is 10.8 Å². The first-order valence-electron chi connectivity index (χ1n) is 4.99. The summed E-state index contributed by atoms with van der Waals surface area (Å²) < 4.78 is 0. The first-order valence-corrected chi connectivity index (χ1v) is 4.99. The predicted octanol–water partition coefficient (Wildman–Crippen LogP) is 1.36. The number of nitrogens with two attached hydrogens (primary N) is 1. The molecule has 4 heteroatoms. The molecule has 2 rings (SSSR count). The molecule has 0 saturated carbocycles. The number of carbonyl (C=O) groups is 1. The lowest BCUT2D eigenvalue weighted by atomic mass is 9.94. The number of hydrogen-bond acceptors (Lipinski definition) is 3. The first kappa shape index (κ1) is 10.6. The Kier molecular flexibility index (Phi) is 2.83. The zero-order chi connectivity index (χ0) is 11.5. The molecule has 0 aliphatic rings. The van der Waals surface area contributed by atoms with Gasteiger partial charge in [0.1, 0.15) is 0 Å². The van der Waals surface area contributed by atoms with Crippen LogP contribution in [-0.4, -0.2) is 22.6 Å². The van der Waals surface area contributed by atoms with Crippen molar-refractivity contribution in [3.8, 4) is 0 Å². The molecule has 2 aromatic rings. The fraction of sp³-hybridized carbons (Fsp3) is 0.167. The van der Waals surface area contributed by atoms with E-state index in [0.29, 0.717) is 0 Å². The molecule has 4 nitrogen and oxygen atoms in total. The van der Waals surface area contributed by atoms with Crippen LogP contribution in [0.25, 0.3) is 10.8 Å². The number of carboxylic acid groups (broad SMARTS) is 1. The molecular formula is C12H12N2O2. The van der Waals surface area contributed by atoms with Gasteiger partial charge in [0.25, 0.3) is 0 Å². The summed E-state index contributed by atoms with van der Waals surface area (Å²) in [5.41, 5.74) is 6.25. The van der Waals surface area contributed by atoms with Crippen molar-refractivity contribution in [2.24, 2.45) is 5.73 Å². The van der Waals surface area contributed by atoms with E-state index in [0.717, 1.165) is 16.3 Å². The van der Waals surface area contributed by atoms with Gasteiger partial charge in [-0.15, -0.1) is 0 Å². The van der Waals surface area contributed by atoms with E-state index in [9.17, 15) is 4.79 Å². The van der Waals surface area contributed by atoms with Crippen molar-refractivity contribution in [2.45, 2.75) is 5.92 Å². The zero-order valence-corrected chi connectivity index (χ0v) is 8.63. The highest BCUT2D eigenvalue weighted by atomic mass is 16.4. The minimum atomic E-state index is -0.896. The minimum Gasteiger partial charge on any atom is -0.481 e. The summed E-state index contributed by atoms with van der Waals surface area (Å²) in [6, 6.07) is 7.34. The summed E-state index contributed by atoms with van der Waals surface area (Å²) in [5, 5.41) is 10.9. The number of benzene rings is 1. The maximum atomic E-state index is 11.1. The molecular weight excluding hydrogens is 204 g/mol. The van der Waals surface area contributed by atoms with Gasteiger partial charge in [0.2, 0.25) is 0 Å². The van der Waals surface area contributed by atoms with E-state index in [1.165, 1.54) is 0 Å². The molecule has 0 radical (unpaired) electrons. The molecule has 0 aliphatic carbocycles. The van der Waals surface area contributed by atoms with E-state index in [2.05, 4.69) is 4.98 Å². The van der Waals surface area contributed by atoms with Crippen molar-refractivity contribution in [1.29, 1.82) is 0 Å². The van der Waals surface area contributed by atoms with Crippen LogP contribution in [0.15, 0.2) is 36.7 Å². The molecule has 0 bridgehead atoms. The number of fused-ring (bicyclic) bond motifs is 1. The third-order valence-electron chi connectivity index (χ3n) is 2.62. The highest BCUT2D eigenvalue weighted by Crippen LogP contribution is 2.24. The van der Waals surface area contributed by atoms with Crippen LogP contribution in [0, 0.1) is 0 Å². The minimum absolute atomic E-state index is 0.0940. The fourth-order valence-electron chi connectivity index (χ4n) is 1.81. The second-order valence-electron chi connectivity index (χ2n) is 3.57. The summed E-state index contributed by atoms with van der Waals surface area (Å²) in [4.78, 5) is 15.1. The van der Waals surface area contributed by atoms with E-state index >= 15 is 0 Å². The van der Waals surface area contributed by atoms with Crippen LogP contribution in [0.1, 0.15) is 11.5 Å². The van der Waals surface area contributed by atoms with Crippen LogP contribution in [-0.2, 0) is 4.79 Å². The Labute approximate surface area is 92.7 Å². The average Bonchev–Trinajstić information content (AvgIpc) is 2.30. The fourth-order valence-corrected chi connectivity index (χ4v) is 1.81. The Morgan fingerprint density at radius 1 is 1.44 bits per heavy atom. The highest BCUT2D eigenvalue weighted by Gasteiger charge is 2.19. The van der Waals surface area contributed by atoms with Gasteiger partial charge >= 0.3 is 5.97 Å². The lowest BCUT2D eigenvalue weighted by molar-refractivity contribution is -0.138. The first-order chi connectivity index (χ1) is 7.74. The molecule has 0 spiro atoms. The van der Waals surface area contributed by atoms with Gasteiger partial charge < -0.3 is 10.8 Å². The molecule has 1 atom stereocenters. The van der Waals surface area contributed by atoms with Gasteiger partial charge in [-0.2, -0.15) is 0 Å². The molecule has 1 unspecified atom stereocenters. The number of carboxylic acids is 1. The van der Waals surface area contributed by atoms with Gasteiger partial charge in [0.05, 0.1) is 5.92 Å². The molecule has 0 fully saturated rings. The third kappa shape index (κ3) is 1.75. The van der Waals surface area contributed by atoms with Crippen molar-refractivity contribution < 1.29 is 9.90 Å². The summed E-state index contributed by atoms with van der Waals surface area (Å²) in [7, 11) is 0. The maximum absolute atomic E-state index is 11.1. The summed E-state index contributed by atoms with van der Waals surface area (Å²) in [5.74, 6) is -1.56. The second-order valence-corrected chi connectivity index (χ2v) is 3.57. The van der Waals surface area contributed by atoms with E-state index in [-0.39, 0.29) is 6.54 Å². The lowest BCUT2D eigenvalue weighted by Crippen LogP contribution is -2.21. The molecule has 3 N–H and O–H groups in total. The molecule has 0 aliphatic heterocycles. The molecule has 1 aromatic heterocycles. The Morgan fingerprint density at radius 3 is 2.94 bits per heavy atom. The molecule has 16 heavy (non-hydrogen) atoms. The Balaban J connectivity index is 2.63. The van der Waals surface area contributed by atoms with Gasteiger partial charge in [0.15, 0.2) is 0 Å². The van der Waals surface area contributed by atoms with Crippen molar-refractivity contribution in [1.82, 2.24) is 4.98 Å². The van der Waals surface area contributed by atoms with Crippen LogP contribution in [0.5, 0.6) is 0 Å². The number of rotatable bonds is 3. The number of aromatic nitrogens is 1. The van der Waals surface area contributed by atoms with Crippen molar-refractivity contribution in [3.05, 3.63) is 42.2 Å². The van der Waals surface area contributed by atoms with Crippen LogP contribution >= 0.6 is 0 Å². The summed E-state index contributed by atoms with van der Waals surface area (Å²) >= 11 is 0. The Bertz CT molecular complexity index is 520. The second kappa shape index (κ2) is 4.28. The summed E-state index contributed by atoms with van der Waals surface area (Å²) in [6.07, 6.45) is 3.37. The molecule has 82 valence electrons. The molecule has 0 amide bonds. The van der Waals surface area contributed by atoms with Crippen LogP contribution in [0.3, 0.4) is 0 Å². The van der Waals surface area contributed by atoms with E-state index in [1.807, 2.05) is 18.2 Å². The monoisotopic (exact) mass is 216 g/mol. The van der Waals surface area contributed by atoms with Gasteiger partial charge in [-0.3, -0.25) is 9.78 Å². The van der Waals surface area contributed by atoms with Crippen LogP contribution < -0.4 is 5.73 Å². The van der Waals surface area contributed by atoms with Gasteiger partial charge in [0, 0.05) is 24.3 Å².